The molecule has 1 rings (SSSR count). The Morgan fingerprint density at radius 3 is 2.35 bits per heavy atom. The third-order valence-corrected chi connectivity index (χ3v) is 1.80. The van der Waals surface area contributed by atoms with E-state index in [1.807, 2.05) is 0 Å². The second-order valence-electron chi connectivity index (χ2n) is 3.14. The zero-order valence-electron chi connectivity index (χ0n) is 9.01. The van der Waals surface area contributed by atoms with Gasteiger partial charge in [-0.3, -0.25) is 4.79 Å². The normalized spacial score (nSPS) is 10.5. The van der Waals surface area contributed by atoms with E-state index in [1.165, 1.54) is 25.1 Å². The van der Waals surface area contributed by atoms with Gasteiger partial charge in [-0.1, -0.05) is 12.1 Å². The van der Waals surface area contributed by atoms with Crippen molar-refractivity contribution in [2.75, 3.05) is 0 Å². The van der Waals surface area contributed by atoms with Crippen LogP contribution in [0.1, 0.15) is 12.5 Å². The quantitative estimate of drug-likeness (QED) is 0.369. The Hall–Kier alpha value is -2.61. The number of hydrogen-bond donors (Lipinski definition) is 1. The summed E-state index contributed by atoms with van der Waals surface area (Å²) in [6.45, 7) is 1.28. The highest BCUT2D eigenvalue weighted by Crippen LogP contribution is 2.14. The molecule has 86 valence electrons. The van der Waals surface area contributed by atoms with Gasteiger partial charge in [-0.25, -0.2) is 4.79 Å². The second kappa shape index (κ2) is 5.47. The second-order valence-corrected chi connectivity index (χ2v) is 3.14. The summed E-state index contributed by atoms with van der Waals surface area (Å²) in [4.78, 5) is 21.2. The van der Waals surface area contributed by atoms with E-state index in [4.69, 9.17) is 15.1 Å². The highest BCUT2D eigenvalue weighted by Gasteiger charge is 2.05. The molecule has 1 aromatic carbocycles. The average Bonchev–Trinajstić information content (AvgIpc) is 2.26. The number of nitrogens with zero attached hydrogens (tertiary/aromatic N) is 1. The predicted octanol–water partition coefficient (Wildman–Crippen LogP) is 1.60. The molecule has 0 bridgehead atoms. The van der Waals surface area contributed by atoms with Gasteiger partial charge in [0.2, 0.25) is 0 Å². The fourth-order valence-electron chi connectivity index (χ4n) is 1.11. The molecule has 1 aromatic rings. The lowest BCUT2D eigenvalue weighted by molar-refractivity contribution is -0.132. The Balaban J connectivity index is 2.92. The van der Waals surface area contributed by atoms with Crippen LogP contribution in [0.3, 0.4) is 0 Å². The van der Waals surface area contributed by atoms with Crippen molar-refractivity contribution in [3.05, 3.63) is 35.4 Å². The van der Waals surface area contributed by atoms with Crippen LogP contribution in [0.2, 0.25) is 0 Å². The van der Waals surface area contributed by atoms with Crippen molar-refractivity contribution in [2.24, 2.45) is 0 Å². The number of carbonyl (C=O) groups excluding carboxylic acids is 1. The number of ether oxygens (including phenoxy) is 1. The van der Waals surface area contributed by atoms with E-state index in [1.54, 1.807) is 18.2 Å². The molecule has 0 aliphatic rings. The van der Waals surface area contributed by atoms with Crippen LogP contribution in [0, 0.1) is 11.3 Å². The Morgan fingerprint density at radius 1 is 1.35 bits per heavy atom. The lowest BCUT2D eigenvalue weighted by Gasteiger charge is -2.00. The standard InChI is InChI=1S/C12H9NO4/c1-8(14)17-11-4-2-9(3-5-11)6-10(7-13)12(15)16/h2-6H,1H3,(H,15,16)/b10-6+. The van der Waals surface area contributed by atoms with Crippen LogP contribution >= 0.6 is 0 Å². The SMILES string of the molecule is CC(=O)Oc1ccc(/C=C(\C#N)C(=O)O)cc1. The number of benzene rings is 1. The molecule has 0 aliphatic heterocycles. The van der Waals surface area contributed by atoms with Crippen molar-refractivity contribution in [3.63, 3.8) is 0 Å². The number of hydrogen-bond acceptors (Lipinski definition) is 4. The molecule has 0 radical (unpaired) electrons. The summed E-state index contributed by atoms with van der Waals surface area (Å²) in [6.07, 6.45) is 1.24. The highest BCUT2D eigenvalue weighted by atomic mass is 16.5. The van der Waals surface area contributed by atoms with Crippen molar-refractivity contribution in [3.8, 4) is 11.8 Å². The van der Waals surface area contributed by atoms with Gasteiger partial charge in [0.05, 0.1) is 0 Å². The third-order valence-electron chi connectivity index (χ3n) is 1.80. The summed E-state index contributed by atoms with van der Waals surface area (Å²) < 4.78 is 4.81. The highest BCUT2D eigenvalue weighted by molar-refractivity contribution is 5.96. The van der Waals surface area contributed by atoms with Crippen molar-refractivity contribution >= 4 is 18.0 Å². The fourth-order valence-corrected chi connectivity index (χ4v) is 1.11. The van der Waals surface area contributed by atoms with Crippen LogP contribution in [0.5, 0.6) is 5.75 Å². The molecule has 5 nitrogen and oxygen atoms in total. The first-order chi connectivity index (χ1) is 8.02. The van der Waals surface area contributed by atoms with Gasteiger partial charge in [0, 0.05) is 6.92 Å². The van der Waals surface area contributed by atoms with E-state index in [9.17, 15) is 9.59 Å². The maximum Gasteiger partial charge on any atom is 0.346 e. The summed E-state index contributed by atoms with van der Waals surface area (Å²) in [5.41, 5.74) is 0.185. The largest absolute Gasteiger partial charge is 0.477 e. The Kier molecular flexibility index (Phi) is 4.01. The van der Waals surface area contributed by atoms with E-state index >= 15 is 0 Å². The minimum Gasteiger partial charge on any atom is -0.477 e. The lowest BCUT2D eigenvalue weighted by atomic mass is 10.1. The van der Waals surface area contributed by atoms with Crippen LogP contribution < -0.4 is 4.74 Å². The number of rotatable bonds is 3. The Morgan fingerprint density at radius 2 is 1.94 bits per heavy atom. The zero-order valence-corrected chi connectivity index (χ0v) is 9.01. The van der Waals surface area contributed by atoms with Gasteiger partial charge < -0.3 is 9.84 Å². The lowest BCUT2D eigenvalue weighted by Crippen LogP contribution is -2.01. The molecular weight excluding hydrogens is 222 g/mol. The molecule has 0 unspecified atom stereocenters. The first-order valence-electron chi connectivity index (χ1n) is 4.66. The number of carbonyl (C=O) groups is 2. The topological polar surface area (TPSA) is 87.4 Å². The number of carboxylic acids is 1. The van der Waals surface area contributed by atoms with Gasteiger partial charge in [0.25, 0.3) is 0 Å². The minimum atomic E-state index is -1.28. The molecule has 0 fully saturated rings. The number of nitriles is 1. The molecule has 0 heterocycles. The summed E-state index contributed by atoms with van der Waals surface area (Å²) in [5.74, 6) is -1.35. The first-order valence-corrected chi connectivity index (χ1v) is 4.66. The summed E-state index contributed by atoms with van der Waals surface area (Å²) >= 11 is 0. The number of esters is 1. The predicted molar refractivity (Wildman–Crippen MR) is 59.0 cm³/mol. The van der Waals surface area contributed by atoms with Crippen molar-refractivity contribution in [1.82, 2.24) is 0 Å². The van der Waals surface area contributed by atoms with Gasteiger partial charge >= 0.3 is 11.9 Å². The molecule has 0 atom stereocenters. The summed E-state index contributed by atoms with van der Waals surface area (Å²) in [5, 5.41) is 17.2. The molecule has 0 aromatic heterocycles. The van der Waals surface area contributed by atoms with Gasteiger partial charge in [0.15, 0.2) is 0 Å². The Bertz CT molecular complexity index is 508. The van der Waals surface area contributed by atoms with Gasteiger partial charge in [0.1, 0.15) is 17.4 Å². The van der Waals surface area contributed by atoms with E-state index < -0.39 is 11.9 Å². The molecule has 0 saturated carbocycles. The molecule has 0 amide bonds. The summed E-state index contributed by atoms with van der Waals surface area (Å²) in [7, 11) is 0. The molecule has 17 heavy (non-hydrogen) atoms. The van der Waals surface area contributed by atoms with Crippen molar-refractivity contribution in [2.45, 2.75) is 6.92 Å². The Labute approximate surface area is 97.6 Å². The van der Waals surface area contributed by atoms with Gasteiger partial charge in [-0.2, -0.15) is 5.26 Å². The van der Waals surface area contributed by atoms with Crippen LogP contribution in [-0.4, -0.2) is 17.0 Å². The van der Waals surface area contributed by atoms with E-state index in [0.29, 0.717) is 11.3 Å². The van der Waals surface area contributed by atoms with E-state index in [0.717, 1.165) is 0 Å². The van der Waals surface area contributed by atoms with E-state index in [2.05, 4.69) is 0 Å². The third kappa shape index (κ3) is 3.80. The van der Waals surface area contributed by atoms with Crippen LogP contribution in [-0.2, 0) is 9.59 Å². The van der Waals surface area contributed by atoms with Gasteiger partial charge in [-0.05, 0) is 23.8 Å². The van der Waals surface area contributed by atoms with Crippen LogP contribution in [0.4, 0.5) is 0 Å². The monoisotopic (exact) mass is 231 g/mol. The molecule has 1 N–H and O–H groups in total. The molecule has 5 heteroatoms. The first kappa shape index (κ1) is 12.5. The molecule has 0 spiro atoms. The fraction of sp³-hybridized carbons (Fsp3) is 0.0833. The van der Waals surface area contributed by atoms with Crippen molar-refractivity contribution < 1.29 is 19.4 Å². The zero-order chi connectivity index (χ0) is 12.8. The number of aliphatic carboxylic acids is 1. The number of carboxylic acid groups (broad SMARTS) is 1. The molecule has 0 saturated heterocycles. The maximum absolute atomic E-state index is 10.7. The average molecular weight is 231 g/mol. The van der Waals surface area contributed by atoms with Gasteiger partial charge in [-0.15, -0.1) is 0 Å². The van der Waals surface area contributed by atoms with Crippen LogP contribution in [0.25, 0.3) is 6.08 Å². The summed E-state index contributed by atoms with van der Waals surface area (Å²) in [6, 6.07) is 7.72. The van der Waals surface area contributed by atoms with Crippen molar-refractivity contribution in [1.29, 1.82) is 5.26 Å². The maximum atomic E-state index is 10.7. The van der Waals surface area contributed by atoms with E-state index in [-0.39, 0.29) is 5.57 Å². The minimum absolute atomic E-state index is 0.356. The molecule has 0 aliphatic carbocycles. The van der Waals surface area contributed by atoms with Crippen LogP contribution in [0.15, 0.2) is 29.8 Å². The smallest absolute Gasteiger partial charge is 0.346 e. The molecular formula is C12H9NO4.